The summed E-state index contributed by atoms with van der Waals surface area (Å²) in [5, 5.41) is 10.8. The summed E-state index contributed by atoms with van der Waals surface area (Å²) in [5.41, 5.74) is 3.03. The van der Waals surface area contributed by atoms with Crippen LogP contribution < -0.4 is 10.2 Å². The molecule has 0 amide bonds. The lowest BCUT2D eigenvalue weighted by molar-refractivity contribution is 0.0523. The average molecular weight is 520 g/mol. The van der Waals surface area contributed by atoms with Crippen molar-refractivity contribution in [2.24, 2.45) is 5.41 Å². The number of phenolic OH excluding ortho intramolecular Hbond substituents is 1. The quantitative estimate of drug-likeness (QED) is 0.264. The third-order valence-corrected chi connectivity index (χ3v) is 6.84. The van der Waals surface area contributed by atoms with E-state index in [0.29, 0.717) is 37.7 Å². The first-order valence-corrected chi connectivity index (χ1v) is 13.2. The van der Waals surface area contributed by atoms with E-state index in [1.54, 1.807) is 19.2 Å². The monoisotopic (exact) mass is 519 g/mol. The van der Waals surface area contributed by atoms with Crippen molar-refractivity contribution in [2.45, 2.75) is 59.6 Å². The largest absolute Gasteiger partial charge is 0.504 e. The van der Waals surface area contributed by atoms with Crippen LogP contribution >= 0.6 is 0 Å². The van der Waals surface area contributed by atoms with Crippen LogP contribution in [0.1, 0.15) is 68.1 Å². The SMILES string of the molecule is CCOC(=O)c1cn2c(cc1=O)-c1cc(O)c(OCCCCOCc3ccccc3)cc1CC2C(C)(C)C. The highest BCUT2D eigenvalue weighted by Gasteiger charge is 2.34. The van der Waals surface area contributed by atoms with Gasteiger partial charge in [0.2, 0.25) is 0 Å². The van der Waals surface area contributed by atoms with Gasteiger partial charge in [0.05, 0.1) is 25.5 Å². The number of nitrogens with zero attached hydrogens (tertiary/aromatic N) is 1. The van der Waals surface area contributed by atoms with Gasteiger partial charge < -0.3 is 23.9 Å². The van der Waals surface area contributed by atoms with Crippen molar-refractivity contribution in [1.82, 2.24) is 4.57 Å². The molecule has 7 heteroatoms. The summed E-state index contributed by atoms with van der Waals surface area (Å²) in [6, 6.07) is 15.1. The molecule has 2 aromatic carbocycles. The molecule has 1 aliphatic rings. The van der Waals surface area contributed by atoms with Gasteiger partial charge in [0.1, 0.15) is 5.56 Å². The lowest BCUT2D eigenvalue weighted by atomic mass is 9.78. The Hall–Kier alpha value is -3.58. The lowest BCUT2D eigenvalue weighted by Crippen LogP contribution is -2.33. The summed E-state index contributed by atoms with van der Waals surface area (Å²) in [7, 11) is 0. The van der Waals surface area contributed by atoms with Crippen LogP contribution in [0.2, 0.25) is 0 Å². The zero-order valence-electron chi connectivity index (χ0n) is 22.7. The highest BCUT2D eigenvalue weighted by atomic mass is 16.5. The first kappa shape index (κ1) is 27.5. The van der Waals surface area contributed by atoms with Crippen molar-refractivity contribution in [3.63, 3.8) is 0 Å². The van der Waals surface area contributed by atoms with Crippen molar-refractivity contribution in [3.8, 4) is 22.8 Å². The molecule has 0 fully saturated rings. The molecular weight excluding hydrogens is 482 g/mol. The van der Waals surface area contributed by atoms with E-state index in [-0.39, 0.29) is 29.4 Å². The van der Waals surface area contributed by atoms with Gasteiger partial charge in [-0.3, -0.25) is 4.79 Å². The highest BCUT2D eigenvalue weighted by Crippen LogP contribution is 2.45. The van der Waals surface area contributed by atoms with Crippen LogP contribution in [0.5, 0.6) is 11.5 Å². The van der Waals surface area contributed by atoms with Gasteiger partial charge in [-0.05, 0) is 54.9 Å². The number of rotatable bonds is 10. The minimum Gasteiger partial charge on any atom is -0.504 e. The van der Waals surface area contributed by atoms with Gasteiger partial charge in [0, 0.05) is 30.5 Å². The number of carbonyl (C=O) groups is 1. The van der Waals surface area contributed by atoms with Gasteiger partial charge in [-0.1, -0.05) is 51.1 Å². The Morgan fingerprint density at radius 1 is 1.08 bits per heavy atom. The number of aromatic nitrogens is 1. The molecule has 1 N–H and O–H groups in total. The van der Waals surface area contributed by atoms with Crippen LogP contribution in [0, 0.1) is 5.41 Å². The topological polar surface area (TPSA) is 87.0 Å². The summed E-state index contributed by atoms with van der Waals surface area (Å²) in [6.07, 6.45) is 3.92. The third kappa shape index (κ3) is 6.27. The molecule has 0 aliphatic carbocycles. The molecule has 4 rings (SSSR count). The van der Waals surface area contributed by atoms with Crippen LogP contribution in [0.25, 0.3) is 11.3 Å². The Kier molecular flexibility index (Phi) is 8.57. The Morgan fingerprint density at radius 3 is 2.53 bits per heavy atom. The molecule has 202 valence electrons. The maximum atomic E-state index is 12.8. The molecule has 38 heavy (non-hydrogen) atoms. The van der Waals surface area contributed by atoms with Gasteiger partial charge in [0.25, 0.3) is 0 Å². The van der Waals surface area contributed by atoms with Gasteiger partial charge in [0.15, 0.2) is 16.9 Å². The number of aromatic hydroxyl groups is 1. The van der Waals surface area contributed by atoms with E-state index in [2.05, 4.69) is 20.8 Å². The number of benzene rings is 2. The number of phenols is 1. The predicted molar refractivity (Wildman–Crippen MR) is 147 cm³/mol. The molecule has 1 unspecified atom stereocenters. The maximum Gasteiger partial charge on any atom is 0.343 e. The first-order chi connectivity index (χ1) is 18.2. The van der Waals surface area contributed by atoms with Crippen LogP contribution in [-0.4, -0.2) is 35.5 Å². The normalized spacial score (nSPS) is 14.5. The molecule has 0 spiro atoms. The molecule has 0 bridgehead atoms. The number of pyridine rings is 1. The molecule has 0 saturated heterocycles. The van der Waals surface area contributed by atoms with Crippen LogP contribution in [0.3, 0.4) is 0 Å². The van der Waals surface area contributed by atoms with Crippen molar-refractivity contribution in [3.05, 3.63) is 81.6 Å². The zero-order valence-corrected chi connectivity index (χ0v) is 22.7. The Bertz CT molecular complexity index is 1320. The number of esters is 1. The predicted octanol–water partition coefficient (Wildman–Crippen LogP) is 5.92. The fraction of sp³-hybridized carbons (Fsp3) is 0.419. The van der Waals surface area contributed by atoms with Crippen LogP contribution in [0.4, 0.5) is 0 Å². The summed E-state index contributed by atoms with van der Waals surface area (Å²) < 4.78 is 18.7. The van der Waals surface area contributed by atoms with Crippen molar-refractivity contribution in [1.29, 1.82) is 0 Å². The number of carbonyl (C=O) groups excluding carboxylic acids is 1. The molecule has 2 heterocycles. The van der Waals surface area contributed by atoms with Gasteiger partial charge in [-0.15, -0.1) is 0 Å². The average Bonchev–Trinajstić information content (AvgIpc) is 2.88. The number of unbranched alkanes of at least 4 members (excludes halogenated alkanes) is 1. The standard InChI is InChI=1S/C31H37NO6/c1-5-37-30(35)24-19-32-25(18-26(24)33)23-17-27(34)28(15-22(23)16-29(32)31(2,3)4)38-14-10-9-13-36-20-21-11-7-6-8-12-21/h6-8,11-12,15,17-19,29,34H,5,9-10,13-14,16,20H2,1-4H3. The smallest absolute Gasteiger partial charge is 0.343 e. The molecule has 0 radical (unpaired) electrons. The second-order valence-electron chi connectivity index (χ2n) is 10.7. The molecular formula is C31H37NO6. The summed E-state index contributed by atoms with van der Waals surface area (Å²) in [4.78, 5) is 25.2. The van der Waals surface area contributed by atoms with Gasteiger partial charge >= 0.3 is 5.97 Å². The van der Waals surface area contributed by atoms with Crippen molar-refractivity contribution >= 4 is 5.97 Å². The van der Waals surface area contributed by atoms with Crippen molar-refractivity contribution < 1.29 is 24.1 Å². The van der Waals surface area contributed by atoms with E-state index in [0.717, 1.165) is 29.5 Å². The van der Waals surface area contributed by atoms with Gasteiger partial charge in [-0.2, -0.15) is 0 Å². The van der Waals surface area contributed by atoms with Crippen LogP contribution in [-0.2, 0) is 22.5 Å². The fourth-order valence-corrected chi connectivity index (χ4v) is 4.80. The van der Waals surface area contributed by atoms with E-state index in [9.17, 15) is 14.7 Å². The second kappa shape index (κ2) is 11.9. The number of hydrogen-bond donors (Lipinski definition) is 1. The summed E-state index contributed by atoms with van der Waals surface area (Å²) in [5.74, 6) is -0.171. The minimum absolute atomic E-state index is 0.0158. The zero-order chi connectivity index (χ0) is 27.3. The third-order valence-electron chi connectivity index (χ3n) is 6.84. The summed E-state index contributed by atoms with van der Waals surface area (Å²) >= 11 is 0. The maximum absolute atomic E-state index is 12.8. The molecule has 1 aliphatic heterocycles. The molecule has 3 aromatic rings. The molecule has 7 nitrogen and oxygen atoms in total. The van der Waals surface area contributed by atoms with E-state index < -0.39 is 11.4 Å². The van der Waals surface area contributed by atoms with Crippen molar-refractivity contribution in [2.75, 3.05) is 19.8 Å². The van der Waals surface area contributed by atoms with E-state index in [4.69, 9.17) is 14.2 Å². The van der Waals surface area contributed by atoms with Crippen LogP contribution in [0.15, 0.2) is 59.5 Å². The molecule has 0 saturated carbocycles. The lowest BCUT2D eigenvalue weighted by Gasteiger charge is -2.39. The Labute approximate surface area is 224 Å². The molecule has 1 aromatic heterocycles. The summed E-state index contributed by atoms with van der Waals surface area (Å²) in [6.45, 7) is 10.00. The van der Waals surface area contributed by atoms with Gasteiger partial charge in [-0.25, -0.2) is 4.79 Å². The number of fused-ring (bicyclic) bond motifs is 3. The van der Waals surface area contributed by atoms with E-state index >= 15 is 0 Å². The number of hydrogen-bond acceptors (Lipinski definition) is 6. The second-order valence-corrected chi connectivity index (χ2v) is 10.7. The molecule has 1 atom stereocenters. The van der Waals surface area contributed by atoms with E-state index in [1.165, 1.54) is 6.07 Å². The first-order valence-electron chi connectivity index (χ1n) is 13.2. The Balaban J connectivity index is 1.47. The highest BCUT2D eigenvalue weighted by molar-refractivity contribution is 5.89. The minimum atomic E-state index is -0.622. The number of ether oxygens (including phenoxy) is 3. The van der Waals surface area contributed by atoms with E-state index in [1.807, 2.05) is 41.0 Å². The fourth-order valence-electron chi connectivity index (χ4n) is 4.80. The Morgan fingerprint density at radius 2 is 1.82 bits per heavy atom.